The van der Waals surface area contributed by atoms with Gasteiger partial charge in [0.05, 0.1) is 0 Å². The second-order valence-electron chi connectivity index (χ2n) is 11.0. The molecule has 3 saturated heterocycles. The zero-order valence-electron chi connectivity index (χ0n) is 19.7. The van der Waals surface area contributed by atoms with Crippen molar-refractivity contribution in [1.29, 1.82) is 0 Å². The lowest BCUT2D eigenvalue weighted by atomic mass is 9.81. The van der Waals surface area contributed by atoms with Crippen LogP contribution in [0.15, 0.2) is 0 Å². The molecule has 5 fully saturated rings. The van der Waals surface area contributed by atoms with Gasteiger partial charge >= 0.3 is 0 Å². The Bertz CT molecular complexity index is 632. The first kappa shape index (κ1) is 23.4. The van der Waals surface area contributed by atoms with Gasteiger partial charge in [-0.2, -0.15) is 0 Å². The van der Waals surface area contributed by atoms with E-state index in [1.54, 1.807) is 0 Å². The molecular weight excluding hydrogens is 420 g/mol. The van der Waals surface area contributed by atoms with Gasteiger partial charge in [-0.1, -0.05) is 6.92 Å². The molecule has 0 bridgehead atoms. The van der Waals surface area contributed by atoms with Crippen LogP contribution in [0.25, 0.3) is 0 Å². The quantitative estimate of drug-likeness (QED) is 0.366. The van der Waals surface area contributed by atoms with Crippen molar-refractivity contribution in [3.8, 4) is 0 Å². The predicted molar refractivity (Wildman–Crippen MR) is 131 cm³/mol. The first-order valence-corrected chi connectivity index (χ1v) is 14.3. The van der Waals surface area contributed by atoms with E-state index in [-0.39, 0.29) is 12.2 Å². The average molecular weight is 465 g/mol. The molecule has 1 amide bonds. The molecular formula is C24H44N6OS. The molecule has 8 heteroatoms. The van der Waals surface area contributed by atoms with E-state index in [9.17, 15) is 4.79 Å². The second kappa shape index (κ2) is 10.9. The standard InChI is InChI=1S/C24H44N6OS/c1-15-4-6-18(28-23(31)16-5-7-20-22(11-16)32-14-27-20)12-21(15)30-24-26-10-8-19(29-24)17-3-2-9-25-13-17/h15-22,24-27,29-30H,2-14H2,1H3,(H,28,31). The highest BCUT2D eigenvalue weighted by molar-refractivity contribution is 8.00. The van der Waals surface area contributed by atoms with E-state index in [0.717, 1.165) is 57.0 Å². The van der Waals surface area contributed by atoms with Crippen LogP contribution in [0.5, 0.6) is 0 Å². The molecule has 9 atom stereocenters. The van der Waals surface area contributed by atoms with Crippen LogP contribution in [0.3, 0.4) is 0 Å². The van der Waals surface area contributed by atoms with Gasteiger partial charge in [-0.15, -0.1) is 11.8 Å². The minimum atomic E-state index is 0.180. The number of piperidine rings is 1. The SMILES string of the molecule is CC1CCC(NC(=O)C2CCC3NCSC3C2)CC1NC1NCCC(C2CCCNC2)N1. The average Bonchev–Trinajstić information content (AvgIpc) is 3.30. The molecule has 6 N–H and O–H groups in total. The van der Waals surface area contributed by atoms with Crippen molar-refractivity contribution in [1.82, 2.24) is 31.9 Å². The molecule has 2 saturated carbocycles. The van der Waals surface area contributed by atoms with Crippen molar-refractivity contribution < 1.29 is 4.79 Å². The Morgan fingerprint density at radius 3 is 2.78 bits per heavy atom. The lowest BCUT2D eigenvalue weighted by Gasteiger charge is -2.43. The molecule has 7 nitrogen and oxygen atoms in total. The van der Waals surface area contributed by atoms with Gasteiger partial charge in [0.25, 0.3) is 0 Å². The van der Waals surface area contributed by atoms with Gasteiger partial charge in [-0.3, -0.25) is 20.7 Å². The Labute approximate surface area is 198 Å². The van der Waals surface area contributed by atoms with Gasteiger partial charge in [-0.05, 0) is 89.3 Å². The summed E-state index contributed by atoms with van der Waals surface area (Å²) in [6.45, 7) is 5.76. The highest BCUT2D eigenvalue weighted by atomic mass is 32.2. The van der Waals surface area contributed by atoms with E-state index in [1.807, 2.05) is 11.8 Å². The van der Waals surface area contributed by atoms with Gasteiger partial charge in [0.2, 0.25) is 5.91 Å². The number of amides is 1. The molecule has 32 heavy (non-hydrogen) atoms. The Kier molecular flexibility index (Phi) is 7.97. The Balaban J connectivity index is 1.10. The fourth-order valence-electron chi connectivity index (χ4n) is 6.71. The molecule has 0 spiro atoms. The number of hydrogen-bond donors (Lipinski definition) is 6. The minimum absolute atomic E-state index is 0.180. The predicted octanol–water partition coefficient (Wildman–Crippen LogP) is 1.32. The molecule has 5 aliphatic rings. The molecule has 0 aromatic carbocycles. The normalized spacial score (nSPS) is 45.2. The molecule has 3 heterocycles. The van der Waals surface area contributed by atoms with Crippen LogP contribution in [0.4, 0.5) is 0 Å². The second-order valence-corrected chi connectivity index (χ2v) is 12.2. The summed E-state index contributed by atoms with van der Waals surface area (Å²) >= 11 is 2.00. The zero-order chi connectivity index (χ0) is 21.9. The summed E-state index contributed by atoms with van der Waals surface area (Å²) in [4.78, 5) is 13.1. The summed E-state index contributed by atoms with van der Waals surface area (Å²) in [6.07, 6.45) is 10.6. The molecule has 9 unspecified atom stereocenters. The maximum atomic E-state index is 13.1. The van der Waals surface area contributed by atoms with Crippen molar-refractivity contribution >= 4 is 17.7 Å². The maximum absolute atomic E-state index is 13.1. The summed E-state index contributed by atoms with van der Waals surface area (Å²) in [5.41, 5.74) is 0. The van der Waals surface area contributed by atoms with E-state index < -0.39 is 0 Å². The van der Waals surface area contributed by atoms with Crippen molar-refractivity contribution in [3.05, 3.63) is 0 Å². The van der Waals surface area contributed by atoms with E-state index in [2.05, 4.69) is 38.8 Å². The highest BCUT2D eigenvalue weighted by Crippen LogP contribution is 2.36. The van der Waals surface area contributed by atoms with Gasteiger partial charge in [0.15, 0.2) is 0 Å². The van der Waals surface area contributed by atoms with Crippen LogP contribution in [-0.4, -0.2) is 67.1 Å². The number of rotatable bonds is 5. The summed E-state index contributed by atoms with van der Waals surface area (Å²) in [7, 11) is 0. The van der Waals surface area contributed by atoms with Crippen LogP contribution >= 0.6 is 11.8 Å². The highest BCUT2D eigenvalue weighted by Gasteiger charge is 2.38. The topological polar surface area (TPSA) is 89.2 Å². The van der Waals surface area contributed by atoms with Crippen molar-refractivity contribution in [3.63, 3.8) is 0 Å². The third kappa shape index (κ3) is 5.63. The van der Waals surface area contributed by atoms with E-state index in [0.29, 0.717) is 41.2 Å². The van der Waals surface area contributed by atoms with Crippen LogP contribution in [0, 0.1) is 17.8 Å². The van der Waals surface area contributed by atoms with Gasteiger partial charge in [0.1, 0.15) is 6.29 Å². The molecule has 0 aromatic rings. The monoisotopic (exact) mass is 464 g/mol. The lowest BCUT2D eigenvalue weighted by Crippen LogP contribution is -2.66. The van der Waals surface area contributed by atoms with Crippen molar-refractivity contribution in [2.45, 2.75) is 100 Å². The number of hydrogen-bond acceptors (Lipinski definition) is 7. The number of carbonyl (C=O) groups excluding carboxylic acids is 1. The molecule has 0 radical (unpaired) electrons. The summed E-state index contributed by atoms with van der Waals surface area (Å²) in [5, 5.41) is 22.6. The van der Waals surface area contributed by atoms with Crippen LogP contribution in [-0.2, 0) is 4.79 Å². The maximum Gasteiger partial charge on any atom is 0.223 e. The minimum Gasteiger partial charge on any atom is -0.353 e. The van der Waals surface area contributed by atoms with Gasteiger partial charge in [-0.25, -0.2) is 0 Å². The Hall–Kier alpha value is -0.380. The summed E-state index contributed by atoms with van der Waals surface area (Å²) in [6, 6.07) is 1.98. The largest absolute Gasteiger partial charge is 0.353 e. The number of carbonyl (C=O) groups is 1. The van der Waals surface area contributed by atoms with Gasteiger partial charge < -0.3 is 16.0 Å². The molecule has 182 valence electrons. The van der Waals surface area contributed by atoms with E-state index >= 15 is 0 Å². The Morgan fingerprint density at radius 1 is 0.969 bits per heavy atom. The molecule has 2 aliphatic carbocycles. The fraction of sp³-hybridized carbons (Fsp3) is 0.958. The van der Waals surface area contributed by atoms with Crippen LogP contribution < -0.4 is 31.9 Å². The molecule has 0 aromatic heterocycles. The number of thioether (sulfide) groups is 1. The molecule has 3 aliphatic heterocycles. The smallest absolute Gasteiger partial charge is 0.223 e. The van der Waals surface area contributed by atoms with Crippen LogP contribution in [0.2, 0.25) is 0 Å². The Morgan fingerprint density at radius 2 is 1.91 bits per heavy atom. The van der Waals surface area contributed by atoms with Gasteiger partial charge in [0, 0.05) is 41.2 Å². The molecule has 5 rings (SSSR count). The van der Waals surface area contributed by atoms with Crippen molar-refractivity contribution in [2.24, 2.45) is 17.8 Å². The summed E-state index contributed by atoms with van der Waals surface area (Å²) < 4.78 is 0. The van der Waals surface area contributed by atoms with Crippen molar-refractivity contribution in [2.75, 3.05) is 25.5 Å². The van der Waals surface area contributed by atoms with E-state index in [1.165, 1.54) is 32.2 Å². The zero-order valence-corrected chi connectivity index (χ0v) is 20.5. The first-order chi connectivity index (χ1) is 15.7. The first-order valence-electron chi connectivity index (χ1n) is 13.3. The third-order valence-corrected chi connectivity index (χ3v) is 10.1. The number of fused-ring (bicyclic) bond motifs is 1. The third-order valence-electron chi connectivity index (χ3n) is 8.82. The number of nitrogens with one attached hydrogen (secondary N) is 6. The van der Waals surface area contributed by atoms with Crippen LogP contribution in [0.1, 0.15) is 64.7 Å². The van der Waals surface area contributed by atoms with E-state index in [4.69, 9.17) is 0 Å². The summed E-state index contributed by atoms with van der Waals surface area (Å²) in [5.74, 6) is 2.96. The fourth-order valence-corrected chi connectivity index (χ4v) is 8.06. The lowest BCUT2D eigenvalue weighted by molar-refractivity contribution is -0.127.